The zero-order valence-electron chi connectivity index (χ0n) is 13.2. The van der Waals surface area contributed by atoms with Crippen LogP contribution in [0.4, 0.5) is 4.79 Å². The summed E-state index contributed by atoms with van der Waals surface area (Å²) in [6.07, 6.45) is -0.807. The zero-order chi connectivity index (χ0) is 16.2. The molecule has 0 heterocycles. The molecular formula is C16H23NO4. The summed E-state index contributed by atoms with van der Waals surface area (Å²) in [7, 11) is 0. The van der Waals surface area contributed by atoms with Crippen molar-refractivity contribution in [1.29, 1.82) is 0 Å². The number of benzene rings is 1. The maximum absolute atomic E-state index is 11.9. The molecule has 1 rings (SSSR count). The van der Waals surface area contributed by atoms with E-state index in [4.69, 9.17) is 9.84 Å². The summed E-state index contributed by atoms with van der Waals surface area (Å²) in [6.45, 7) is 9.10. The van der Waals surface area contributed by atoms with Crippen molar-refractivity contribution >= 4 is 12.1 Å². The van der Waals surface area contributed by atoms with Gasteiger partial charge in [-0.05, 0) is 45.7 Å². The molecule has 1 atom stereocenters. The largest absolute Gasteiger partial charge is 0.481 e. The van der Waals surface area contributed by atoms with Crippen LogP contribution in [-0.2, 0) is 9.53 Å². The van der Waals surface area contributed by atoms with E-state index < -0.39 is 23.7 Å². The number of carboxylic acids is 1. The van der Waals surface area contributed by atoms with Gasteiger partial charge in [-0.15, -0.1) is 0 Å². The summed E-state index contributed by atoms with van der Waals surface area (Å²) in [5.74, 6) is -0.975. The summed E-state index contributed by atoms with van der Waals surface area (Å²) in [5, 5.41) is 11.7. The number of alkyl carbamates (subject to hydrolysis) is 1. The Kier molecular flexibility index (Phi) is 5.35. The van der Waals surface area contributed by atoms with Gasteiger partial charge in [0.25, 0.3) is 0 Å². The SMILES string of the molecule is Cc1ccc(C)c([C@H](CC(=O)O)NC(=O)OC(C)(C)C)c1. The molecule has 21 heavy (non-hydrogen) atoms. The van der Waals surface area contributed by atoms with E-state index in [2.05, 4.69) is 5.32 Å². The Balaban J connectivity index is 2.98. The fraction of sp³-hybridized carbons (Fsp3) is 0.500. The number of carboxylic acid groups (broad SMARTS) is 1. The third-order valence-electron chi connectivity index (χ3n) is 2.88. The lowest BCUT2D eigenvalue weighted by atomic mass is 9.97. The first kappa shape index (κ1) is 17.0. The van der Waals surface area contributed by atoms with Crippen LogP contribution >= 0.6 is 0 Å². The third-order valence-corrected chi connectivity index (χ3v) is 2.88. The summed E-state index contributed by atoms with van der Waals surface area (Å²) < 4.78 is 5.20. The van der Waals surface area contributed by atoms with Crippen molar-refractivity contribution in [3.05, 3.63) is 34.9 Å². The summed E-state index contributed by atoms with van der Waals surface area (Å²) >= 11 is 0. The van der Waals surface area contributed by atoms with Crippen molar-refractivity contribution < 1.29 is 19.4 Å². The van der Waals surface area contributed by atoms with Gasteiger partial charge in [0.2, 0.25) is 0 Å². The zero-order valence-corrected chi connectivity index (χ0v) is 13.2. The monoisotopic (exact) mass is 293 g/mol. The molecule has 0 spiro atoms. The molecule has 0 radical (unpaired) electrons. The van der Waals surface area contributed by atoms with Crippen molar-refractivity contribution in [2.24, 2.45) is 0 Å². The van der Waals surface area contributed by atoms with Crippen molar-refractivity contribution in [3.63, 3.8) is 0 Å². The van der Waals surface area contributed by atoms with Gasteiger partial charge in [-0.25, -0.2) is 4.79 Å². The smallest absolute Gasteiger partial charge is 0.408 e. The van der Waals surface area contributed by atoms with E-state index in [0.29, 0.717) is 0 Å². The van der Waals surface area contributed by atoms with E-state index in [0.717, 1.165) is 16.7 Å². The number of carbonyl (C=O) groups excluding carboxylic acids is 1. The van der Waals surface area contributed by atoms with Crippen molar-refractivity contribution in [2.75, 3.05) is 0 Å². The highest BCUT2D eigenvalue weighted by Crippen LogP contribution is 2.23. The number of carbonyl (C=O) groups is 2. The Labute approximate surface area is 125 Å². The molecule has 0 unspecified atom stereocenters. The van der Waals surface area contributed by atoms with E-state index in [1.807, 2.05) is 32.0 Å². The number of ether oxygens (including phenoxy) is 1. The Bertz CT molecular complexity index is 532. The molecule has 1 amide bonds. The second kappa shape index (κ2) is 6.61. The minimum Gasteiger partial charge on any atom is -0.481 e. The molecule has 1 aromatic carbocycles. The van der Waals surface area contributed by atoms with Gasteiger partial charge in [0.15, 0.2) is 0 Å². The van der Waals surface area contributed by atoms with E-state index in [9.17, 15) is 9.59 Å². The average molecular weight is 293 g/mol. The molecule has 0 aliphatic heterocycles. The van der Waals surface area contributed by atoms with Gasteiger partial charge in [0.1, 0.15) is 5.60 Å². The normalized spacial score (nSPS) is 12.6. The molecule has 0 aliphatic rings. The molecule has 5 nitrogen and oxygen atoms in total. The van der Waals surface area contributed by atoms with Crippen molar-refractivity contribution in [2.45, 2.75) is 52.7 Å². The molecule has 0 fully saturated rings. The van der Waals surface area contributed by atoms with Crippen LogP contribution in [0.2, 0.25) is 0 Å². The van der Waals surface area contributed by atoms with Crippen LogP contribution in [0.3, 0.4) is 0 Å². The molecule has 0 aliphatic carbocycles. The molecule has 116 valence electrons. The highest BCUT2D eigenvalue weighted by atomic mass is 16.6. The van der Waals surface area contributed by atoms with Crippen LogP contribution in [0.1, 0.15) is 49.9 Å². The van der Waals surface area contributed by atoms with Crippen LogP contribution < -0.4 is 5.32 Å². The maximum Gasteiger partial charge on any atom is 0.408 e. The van der Waals surface area contributed by atoms with Gasteiger partial charge in [0.05, 0.1) is 12.5 Å². The summed E-state index contributed by atoms with van der Waals surface area (Å²) in [4.78, 5) is 22.9. The molecule has 5 heteroatoms. The number of nitrogens with one attached hydrogen (secondary N) is 1. The number of amides is 1. The lowest BCUT2D eigenvalue weighted by Crippen LogP contribution is -2.36. The topological polar surface area (TPSA) is 75.6 Å². The Morgan fingerprint density at radius 1 is 1.29 bits per heavy atom. The van der Waals surface area contributed by atoms with Crippen LogP contribution in [0.5, 0.6) is 0 Å². The standard InChI is InChI=1S/C16H23NO4/c1-10-6-7-11(2)12(8-10)13(9-14(18)19)17-15(20)21-16(3,4)5/h6-8,13H,9H2,1-5H3,(H,17,20)(H,18,19)/t13-/m0/s1. The first-order chi connectivity index (χ1) is 9.58. The molecule has 0 bridgehead atoms. The number of hydrogen-bond acceptors (Lipinski definition) is 3. The maximum atomic E-state index is 11.9. The highest BCUT2D eigenvalue weighted by molar-refractivity contribution is 5.72. The number of aliphatic carboxylic acids is 1. The van der Waals surface area contributed by atoms with Crippen LogP contribution in [0.15, 0.2) is 18.2 Å². The minimum atomic E-state index is -0.975. The Morgan fingerprint density at radius 3 is 2.43 bits per heavy atom. The van der Waals surface area contributed by atoms with Gasteiger partial charge in [-0.2, -0.15) is 0 Å². The molecule has 2 N–H and O–H groups in total. The van der Waals surface area contributed by atoms with Gasteiger partial charge in [0, 0.05) is 0 Å². The summed E-state index contributed by atoms with van der Waals surface area (Å²) in [5.41, 5.74) is 2.11. The van der Waals surface area contributed by atoms with Crippen LogP contribution in [-0.4, -0.2) is 22.8 Å². The first-order valence-corrected chi connectivity index (χ1v) is 6.87. The molecule has 0 aromatic heterocycles. The predicted octanol–water partition coefficient (Wildman–Crippen LogP) is 3.34. The quantitative estimate of drug-likeness (QED) is 0.892. The third kappa shape index (κ3) is 5.85. The Morgan fingerprint density at radius 2 is 1.90 bits per heavy atom. The molecule has 0 saturated heterocycles. The Hall–Kier alpha value is -2.04. The van der Waals surface area contributed by atoms with Crippen LogP contribution in [0, 0.1) is 13.8 Å². The van der Waals surface area contributed by atoms with Gasteiger partial charge in [-0.1, -0.05) is 23.8 Å². The van der Waals surface area contributed by atoms with Gasteiger partial charge >= 0.3 is 12.1 Å². The molecular weight excluding hydrogens is 270 g/mol. The van der Waals surface area contributed by atoms with E-state index in [1.54, 1.807) is 20.8 Å². The number of aryl methyl sites for hydroxylation is 2. The highest BCUT2D eigenvalue weighted by Gasteiger charge is 2.23. The van der Waals surface area contributed by atoms with E-state index in [1.165, 1.54) is 0 Å². The fourth-order valence-electron chi connectivity index (χ4n) is 2.00. The minimum absolute atomic E-state index is 0.191. The van der Waals surface area contributed by atoms with Crippen LogP contribution in [0.25, 0.3) is 0 Å². The number of hydrogen-bond donors (Lipinski definition) is 2. The van der Waals surface area contributed by atoms with Gasteiger partial charge in [-0.3, -0.25) is 4.79 Å². The molecule has 1 aromatic rings. The number of rotatable bonds is 4. The summed E-state index contributed by atoms with van der Waals surface area (Å²) in [6, 6.07) is 5.14. The fourth-order valence-corrected chi connectivity index (χ4v) is 2.00. The predicted molar refractivity (Wildman–Crippen MR) is 80.3 cm³/mol. The van der Waals surface area contributed by atoms with E-state index in [-0.39, 0.29) is 6.42 Å². The lowest BCUT2D eigenvalue weighted by molar-refractivity contribution is -0.137. The van der Waals surface area contributed by atoms with E-state index >= 15 is 0 Å². The van der Waals surface area contributed by atoms with Crippen molar-refractivity contribution in [1.82, 2.24) is 5.32 Å². The molecule has 0 saturated carbocycles. The average Bonchev–Trinajstić information content (AvgIpc) is 2.28. The van der Waals surface area contributed by atoms with Crippen molar-refractivity contribution in [3.8, 4) is 0 Å². The lowest BCUT2D eigenvalue weighted by Gasteiger charge is -2.24. The van der Waals surface area contributed by atoms with Gasteiger partial charge < -0.3 is 15.2 Å². The second-order valence-corrected chi connectivity index (χ2v) is 6.16. The second-order valence-electron chi connectivity index (χ2n) is 6.16. The first-order valence-electron chi connectivity index (χ1n) is 6.87.